The molecule has 116 valence electrons. The molecule has 1 aliphatic rings. The molecule has 0 aromatic heterocycles. The van der Waals surface area contributed by atoms with E-state index in [1.165, 1.54) is 12.1 Å². The van der Waals surface area contributed by atoms with Gasteiger partial charge in [-0.3, -0.25) is 4.79 Å². The van der Waals surface area contributed by atoms with Crippen LogP contribution >= 0.6 is 11.8 Å². The van der Waals surface area contributed by atoms with Crippen LogP contribution in [0.2, 0.25) is 0 Å². The molecule has 0 spiro atoms. The van der Waals surface area contributed by atoms with Gasteiger partial charge in [0.25, 0.3) is 0 Å². The number of carbonyl (C=O) groups excluding carboxylic acids is 1. The Kier molecular flexibility index (Phi) is 4.94. The number of halogens is 1. The third kappa shape index (κ3) is 4.20. The molecule has 3 N–H and O–H groups in total. The highest BCUT2D eigenvalue weighted by molar-refractivity contribution is 7.99. The Morgan fingerprint density at radius 3 is 2.90 bits per heavy atom. The number of nitrogens with two attached hydrogens (primary N) is 1. The first kappa shape index (κ1) is 16.3. The summed E-state index contributed by atoms with van der Waals surface area (Å²) in [5.41, 5.74) is 6.82. The van der Waals surface area contributed by atoms with Crippen molar-refractivity contribution in [1.82, 2.24) is 5.32 Å². The normalized spacial score (nSPS) is 19.8. The van der Waals surface area contributed by atoms with Crippen molar-refractivity contribution in [3.8, 4) is 0 Å². The lowest BCUT2D eigenvalue weighted by Gasteiger charge is -2.29. The van der Waals surface area contributed by atoms with Crippen LogP contribution in [0.15, 0.2) is 23.1 Å². The molecule has 1 aliphatic heterocycles. The second kappa shape index (κ2) is 6.36. The first-order valence-electron chi connectivity index (χ1n) is 7.24. The number of benzene rings is 1. The Hall–Kier alpha value is -1.07. The van der Waals surface area contributed by atoms with E-state index in [0.29, 0.717) is 0 Å². The fourth-order valence-corrected chi connectivity index (χ4v) is 3.38. The summed E-state index contributed by atoms with van der Waals surface area (Å²) in [6.45, 7) is 6.06. The predicted molar refractivity (Wildman–Crippen MR) is 84.7 cm³/mol. The molecule has 2 unspecified atom stereocenters. The highest BCUT2D eigenvalue weighted by atomic mass is 32.2. The zero-order chi connectivity index (χ0) is 15.6. The van der Waals surface area contributed by atoms with Crippen LogP contribution < -0.4 is 11.1 Å². The number of fused-ring (bicyclic) bond motifs is 1. The number of hydrogen-bond acceptors (Lipinski definition) is 3. The van der Waals surface area contributed by atoms with Gasteiger partial charge in [-0.15, -0.1) is 11.8 Å². The van der Waals surface area contributed by atoms with E-state index in [1.54, 1.807) is 17.8 Å². The Morgan fingerprint density at radius 1 is 1.52 bits per heavy atom. The summed E-state index contributed by atoms with van der Waals surface area (Å²) in [6.07, 6.45) is 1.11. The number of thioether (sulfide) groups is 1. The van der Waals surface area contributed by atoms with Crippen molar-refractivity contribution in [1.29, 1.82) is 0 Å². The lowest BCUT2D eigenvalue weighted by molar-refractivity contribution is -0.122. The van der Waals surface area contributed by atoms with Crippen LogP contribution in [0.1, 0.15) is 45.2 Å². The Bertz CT molecular complexity index is 527. The molecule has 1 amide bonds. The van der Waals surface area contributed by atoms with Crippen LogP contribution in [-0.2, 0) is 4.79 Å². The highest BCUT2D eigenvalue weighted by Crippen LogP contribution is 2.36. The van der Waals surface area contributed by atoms with Crippen molar-refractivity contribution in [3.63, 3.8) is 0 Å². The summed E-state index contributed by atoms with van der Waals surface area (Å²) in [4.78, 5) is 13.2. The number of carbonyl (C=O) groups is 1. The van der Waals surface area contributed by atoms with E-state index < -0.39 is 0 Å². The van der Waals surface area contributed by atoms with Crippen molar-refractivity contribution < 1.29 is 9.18 Å². The van der Waals surface area contributed by atoms with Crippen LogP contribution in [0, 0.1) is 11.2 Å². The third-order valence-electron chi connectivity index (χ3n) is 3.86. The summed E-state index contributed by atoms with van der Waals surface area (Å²) < 4.78 is 13.4. The maximum Gasteiger partial charge on any atom is 0.222 e. The van der Waals surface area contributed by atoms with Gasteiger partial charge in [-0.2, -0.15) is 0 Å². The molecular formula is C16H23FN2OS. The molecule has 3 nitrogen and oxygen atoms in total. The van der Waals surface area contributed by atoms with Gasteiger partial charge >= 0.3 is 0 Å². The molecule has 5 heteroatoms. The molecule has 1 aromatic rings. The average Bonchev–Trinajstić information content (AvgIpc) is 2.38. The average molecular weight is 310 g/mol. The smallest absolute Gasteiger partial charge is 0.222 e. The van der Waals surface area contributed by atoms with E-state index in [0.717, 1.165) is 22.6 Å². The van der Waals surface area contributed by atoms with Gasteiger partial charge in [-0.1, -0.05) is 20.8 Å². The highest BCUT2D eigenvalue weighted by Gasteiger charge is 2.26. The molecule has 0 saturated heterocycles. The van der Waals surface area contributed by atoms with Crippen LogP contribution in [0.3, 0.4) is 0 Å². The standard InChI is InChI=1S/C16H23FN2OS/c1-16(2,3)14(18)9-15(20)19-12-6-7-21-13-5-4-10(17)8-11(12)13/h4-5,8,12,14H,6-7,9,18H2,1-3H3,(H,19,20). The molecule has 2 atom stereocenters. The maximum atomic E-state index is 13.4. The summed E-state index contributed by atoms with van der Waals surface area (Å²) in [5.74, 6) is 0.598. The van der Waals surface area contributed by atoms with Gasteiger partial charge in [0.05, 0.1) is 6.04 Å². The monoisotopic (exact) mass is 310 g/mol. The van der Waals surface area contributed by atoms with Crippen molar-refractivity contribution in [2.75, 3.05) is 5.75 Å². The first-order chi connectivity index (χ1) is 9.77. The van der Waals surface area contributed by atoms with E-state index in [1.807, 2.05) is 20.8 Å². The first-order valence-corrected chi connectivity index (χ1v) is 8.23. The quantitative estimate of drug-likeness (QED) is 0.901. The van der Waals surface area contributed by atoms with Gasteiger partial charge in [0.1, 0.15) is 5.82 Å². The second-order valence-electron chi connectivity index (χ2n) is 6.62. The van der Waals surface area contributed by atoms with Crippen LogP contribution in [-0.4, -0.2) is 17.7 Å². The van der Waals surface area contributed by atoms with E-state index in [9.17, 15) is 9.18 Å². The third-order valence-corrected chi connectivity index (χ3v) is 4.99. The predicted octanol–water partition coefficient (Wildman–Crippen LogP) is 3.24. The van der Waals surface area contributed by atoms with Crippen molar-refractivity contribution in [2.45, 2.75) is 50.6 Å². The van der Waals surface area contributed by atoms with Gasteiger partial charge < -0.3 is 11.1 Å². The molecule has 0 fully saturated rings. The minimum atomic E-state index is -0.262. The van der Waals surface area contributed by atoms with Crippen LogP contribution in [0.4, 0.5) is 4.39 Å². The number of amides is 1. The van der Waals surface area contributed by atoms with Gasteiger partial charge in [-0.05, 0) is 35.6 Å². The largest absolute Gasteiger partial charge is 0.349 e. The van der Waals surface area contributed by atoms with Crippen LogP contribution in [0.25, 0.3) is 0 Å². The molecule has 0 saturated carbocycles. The van der Waals surface area contributed by atoms with Gasteiger partial charge in [0.15, 0.2) is 0 Å². The Balaban J connectivity index is 2.05. The van der Waals surface area contributed by atoms with Crippen molar-refractivity contribution in [3.05, 3.63) is 29.6 Å². The van der Waals surface area contributed by atoms with Gasteiger partial charge in [0.2, 0.25) is 5.91 Å². The van der Waals surface area contributed by atoms with E-state index in [-0.39, 0.29) is 35.6 Å². The molecule has 21 heavy (non-hydrogen) atoms. The minimum Gasteiger partial charge on any atom is -0.349 e. The van der Waals surface area contributed by atoms with Gasteiger partial charge in [-0.25, -0.2) is 4.39 Å². The molecule has 1 heterocycles. The van der Waals surface area contributed by atoms with Crippen molar-refractivity contribution in [2.24, 2.45) is 11.1 Å². The molecular weight excluding hydrogens is 287 g/mol. The SMILES string of the molecule is CC(C)(C)C(N)CC(=O)NC1CCSc2ccc(F)cc21. The zero-order valence-corrected chi connectivity index (χ0v) is 13.6. The van der Waals surface area contributed by atoms with E-state index >= 15 is 0 Å². The summed E-state index contributed by atoms with van der Waals surface area (Å²) in [5, 5.41) is 3.01. The molecule has 1 aromatic carbocycles. The lowest BCUT2D eigenvalue weighted by atomic mass is 9.85. The topological polar surface area (TPSA) is 55.1 Å². The number of rotatable bonds is 3. The maximum absolute atomic E-state index is 13.4. The Labute approximate surface area is 129 Å². The summed E-state index contributed by atoms with van der Waals surface area (Å²) in [6, 6.07) is 4.47. The minimum absolute atomic E-state index is 0.0652. The summed E-state index contributed by atoms with van der Waals surface area (Å²) >= 11 is 1.70. The lowest BCUT2D eigenvalue weighted by Crippen LogP contribution is -2.41. The molecule has 0 bridgehead atoms. The summed E-state index contributed by atoms with van der Waals surface area (Å²) in [7, 11) is 0. The zero-order valence-electron chi connectivity index (χ0n) is 12.8. The van der Waals surface area contributed by atoms with Crippen LogP contribution in [0.5, 0.6) is 0 Å². The molecule has 0 aliphatic carbocycles. The molecule has 0 radical (unpaired) electrons. The van der Waals surface area contributed by atoms with Crippen molar-refractivity contribution >= 4 is 17.7 Å². The van der Waals surface area contributed by atoms with E-state index in [4.69, 9.17) is 5.73 Å². The number of hydrogen-bond donors (Lipinski definition) is 2. The molecule has 2 rings (SSSR count). The number of nitrogens with one attached hydrogen (secondary N) is 1. The second-order valence-corrected chi connectivity index (χ2v) is 7.75. The van der Waals surface area contributed by atoms with Gasteiger partial charge in [0, 0.05) is 23.1 Å². The fourth-order valence-electron chi connectivity index (χ4n) is 2.27. The van der Waals surface area contributed by atoms with E-state index in [2.05, 4.69) is 5.32 Å². The fraction of sp³-hybridized carbons (Fsp3) is 0.562. The Morgan fingerprint density at radius 2 is 2.24 bits per heavy atom.